The van der Waals surface area contributed by atoms with Gasteiger partial charge in [-0.05, 0) is 26.3 Å². The van der Waals surface area contributed by atoms with E-state index in [4.69, 9.17) is 5.73 Å². The zero-order chi connectivity index (χ0) is 11.6. The molecule has 2 fully saturated rings. The summed E-state index contributed by atoms with van der Waals surface area (Å²) in [5, 5.41) is 3.54. The van der Waals surface area contributed by atoms with Crippen molar-refractivity contribution in [2.24, 2.45) is 5.73 Å². The van der Waals surface area contributed by atoms with Gasteiger partial charge in [0, 0.05) is 19.1 Å². The molecule has 1 saturated carbocycles. The summed E-state index contributed by atoms with van der Waals surface area (Å²) >= 11 is 0. The van der Waals surface area contributed by atoms with Crippen LogP contribution in [0.2, 0.25) is 0 Å². The minimum Gasteiger partial charge on any atom is -0.368 e. The lowest BCUT2D eigenvalue weighted by Crippen LogP contribution is -2.60. The van der Waals surface area contributed by atoms with Crippen LogP contribution in [0.4, 0.5) is 0 Å². The SMILES string of the molecule is CN1CCC(NC2CCCCC2)(C(N)=O)C1. The molecule has 0 spiro atoms. The van der Waals surface area contributed by atoms with Crippen LogP contribution in [0.3, 0.4) is 0 Å². The number of hydrogen-bond donors (Lipinski definition) is 2. The van der Waals surface area contributed by atoms with Crippen LogP contribution in [0.5, 0.6) is 0 Å². The first-order valence-corrected chi connectivity index (χ1v) is 6.38. The zero-order valence-corrected chi connectivity index (χ0v) is 10.2. The molecule has 1 aliphatic carbocycles. The van der Waals surface area contributed by atoms with Crippen LogP contribution in [0.1, 0.15) is 38.5 Å². The maximum Gasteiger partial charge on any atom is 0.239 e. The highest BCUT2D eigenvalue weighted by atomic mass is 16.1. The molecule has 1 unspecified atom stereocenters. The number of likely N-dealkylation sites (N-methyl/N-ethyl adjacent to an activating group) is 1. The van der Waals surface area contributed by atoms with Crippen LogP contribution in [0.25, 0.3) is 0 Å². The molecule has 3 N–H and O–H groups in total. The first-order valence-electron chi connectivity index (χ1n) is 6.38. The molecule has 1 amide bonds. The molecule has 1 saturated heterocycles. The molecule has 16 heavy (non-hydrogen) atoms. The third kappa shape index (κ3) is 2.38. The van der Waals surface area contributed by atoms with E-state index in [-0.39, 0.29) is 5.91 Å². The van der Waals surface area contributed by atoms with Gasteiger partial charge in [-0.3, -0.25) is 10.1 Å². The monoisotopic (exact) mass is 225 g/mol. The van der Waals surface area contributed by atoms with E-state index in [1.807, 2.05) is 7.05 Å². The van der Waals surface area contributed by atoms with Crippen molar-refractivity contribution < 1.29 is 4.79 Å². The number of primary amides is 1. The highest BCUT2D eigenvalue weighted by Crippen LogP contribution is 2.25. The minimum absolute atomic E-state index is 0.178. The summed E-state index contributed by atoms with van der Waals surface area (Å²) in [6.07, 6.45) is 7.14. The first kappa shape index (κ1) is 11.9. The highest BCUT2D eigenvalue weighted by Gasteiger charge is 2.43. The summed E-state index contributed by atoms with van der Waals surface area (Å²) in [4.78, 5) is 13.9. The standard InChI is InChI=1S/C12H23N3O/c1-15-8-7-12(9-15,11(13)16)14-10-5-3-2-4-6-10/h10,14H,2-9H2,1H3,(H2,13,16). The molecule has 0 bridgehead atoms. The molecule has 4 heteroatoms. The molecule has 2 rings (SSSR count). The number of likely N-dealkylation sites (tertiary alicyclic amines) is 1. The average molecular weight is 225 g/mol. The van der Waals surface area contributed by atoms with Crippen molar-refractivity contribution in [3.63, 3.8) is 0 Å². The van der Waals surface area contributed by atoms with Crippen LogP contribution in [0.15, 0.2) is 0 Å². The van der Waals surface area contributed by atoms with Crippen LogP contribution in [-0.4, -0.2) is 42.5 Å². The molecular weight excluding hydrogens is 202 g/mol. The second-order valence-corrected chi connectivity index (χ2v) is 5.41. The summed E-state index contributed by atoms with van der Waals surface area (Å²) in [6.45, 7) is 1.72. The summed E-state index contributed by atoms with van der Waals surface area (Å²) in [7, 11) is 2.05. The van der Waals surface area contributed by atoms with E-state index in [1.165, 1.54) is 32.1 Å². The van der Waals surface area contributed by atoms with Gasteiger partial charge >= 0.3 is 0 Å². The number of rotatable bonds is 3. The van der Waals surface area contributed by atoms with Gasteiger partial charge in [0.25, 0.3) is 0 Å². The quantitative estimate of drug-likeness (QED) is 0.734. The molecule has 1 aliphatic heterocycles. The van der Waals surface area contributed by atoms with Gasteiger partial charge in [0.2, 0.25) is 5.91 Å². The van der Waals surface area contributed by atoms with E-state index in [0.717, 1.165) is 19.5 Å². The molecule has 0 radical (unpaired) electrons. The normalized spacial score (nSPS) is 33.1. The zero-order valence-electron chi connectivity index (χ0n) is 10.2. The van der Waals surface area contributed by atoms with Crippen molar-refractivity contribution in [3.05, 3.63) is 0 Å². The van der Waals surface area contributed by atoms with E-state index in [0.29, 0.717) is 6.04 Å². The lowest BCUT2D eigenvalue weighted by atomic mass is 9.90. The van der Waals surface area contributed by atoms with Gasteiger partial charge in [-0.1, -0.05) is 19.3 Å². The Morgan fingerprint density at radius 1 is 1.38 bits per heavy atom. The number of nitrogens with zero attached hydrogens (tertiary/aromatic N) is 1. The van der Waals surface area contributed by atoms with E-state index >= 15 is 0 Å². The van der Waals surface area contributed by atoms with Gasteiger partial charge in [0.15, 0.2) is 0 Å². The second kappa shape index (κ2) is 4.72. The van der Waals surface area contributed by atoms with Crippen LogP contribution in [0, 0.1) is 0 Å². The Labute approximate surface area is 97.6 Å². The van der Waals surface area contributed by atoms with E-state index < -0.39 is 5.54 Å². The molecule has 0 aromatic carbocycles. The van der Waals surface area contributed by atoms with Gasteiger partial charge < -0.3 is 10.6 Å². The van der Waals surface area contributed by atoms with Crippen molar-refractivity contribution in [1.29, 1.82) is 0 Å². The van der Waals surface area contributed by atoms with Gasteiger partial charge in [-0.25, -0.2) is 0 Å². The predicted octanol–water partition coefficient (Wildman–Crippen LogP) is 0.468. The van der Waals surface area contributed by atoms with Crippen molar-refractivity contribution in [3.8, 4) is 0 Å². The van der Waals surface area contributed by atoms with Crippen LogP contribution < -0.4 is 11.1 Å². The number of hydrogen-bond acceptors (Lipinski definition) is 3. The Morgan fingerprint density at radius 2 is 2.06 bits per heavy atom. The maximum absolute atomic E-state index is 11.7. The van der Waals surface area contributed by atoms with Crippen LogP contribution in [-0.2, 0) is 4.79 Å². The van der Waals surface area contributed by atoms with Crippen molar-refractivity contribution >= 4 is 5.91 Å². The molecule has 92 valence electrons. The Bertz CT molecular complexity index is 263. The van der Waals surface area contributed by atoms with E-state index in [9.17, 15) is 4.79 Å². The number of carbonyl (C=O) groups excluding carboxylic acids is 1. The van der Waals surface area contributed by atoms with Crippen molar-refractivity contribution in [2.75, 3.05) is 20.1 Å². The third-order valence-electron chi connectivity index (χ3n) is 4.02. The average Bonchev–Trinajstić information content (AvgIpc) is 2.63. The number of amides is 1. The van der Waals surface area contributed by atoms with Gasteiger partial charge in [-0.2, -0.15) is 0 Å². The first-order chi connectivity index (χ1) is 7.62. The third-order valence-corrected chi connectivity index (χ3v) is 4.02. The fourth-order valence-corrected chi connectivity index (χ4v) is 3.03. The van der Waals surface area contributed by atoms with E-state index in [1.54, 1.807) is 0 Å². The topological polar surface area (TPSA) is 58.4 Å². The molecule has 1 heterocycles. The second-order valence-electron chi connectivity index (χ2n) is 5.41. The van der Waals surface area contributed by atoms with Crippen molar-refractivity contribution in [1.82, 2.24) is 10.2 Å². The fourth-order valence-electron chi connectivity index (χ4n) is 3.03. The van der Waals surface area contributed by atoms with Crippen molar-refractivity contribution in [2.45, 2.75) is 50.1 Å². The minimum atomic E-state index is -0.462. The lowest BCUT2D eigenvalue weighted by molar-refractivity contribution is -0.124. The molecule has 0 aromatic heterocycles. The van der Waals surface area contributed by atoms with Gasteiger partial charge in [-0.15, -0.1) is 0 Å². The number of nitrogens with one attached hydrogen (secondary N) is 1. The molecule has 4 nitrogen and oxygen atoms in total. The maximum atomic E-state index is 11.7. The van der Waals surface area contributed by atoms with Gasteiger partial charge in [0.05, 0.1) is 0 Å². The number of carbonyl (C=O) groups is 1. The Hall–Kier alpha value is -0.610. The molecular formula is C12H23N3O. The summed E-state index contributed by atoms with van der Waals surface area (Å²) < 4.78 is 0. The van der Waals surface area contributed by atoms with Crippen LogP contribution >= 0.6 is 0 Å². The molecule has 2 aliphatic rings. The molecule has 1 atom stereocenters. The van der Waals surface area contributed by atoms with Gasteiger partial charge in [0.1, 0.15) is 5.54 Å². The summed E-state index contributed by atoms with van der Waals surface area (Å²) in [5.41, 5.74) is 5.12. The number of nitrogens with two attached hydrogens (primary N) is 1. The fraction of sp³-hybridized carbons (Fsp3) is 0.917. The van der Waals surface area contributed by atoms with E-state index in [2.05, 4.69) is 10.2 Å². The summed E-state index contributed by atoms with van der Waals surface area (Å²) in [5.74, 6) is -0.178. The smallest absolute Gasteiger partial charge is 0.239 e. The lowest BCUT2D eigenvalue weighted by Gasteiger charge is -2.34. The Kier molecular flexibility index (Phi) is 3.50. The largest absolute Gasteiger partial charge is 0.368 e. The molecule has 0 aromatic rings. The highest BCUT2D eigenvalue weighted by molar-refractivity contribution is 5.85. The Morgan fingerprint density at radius 3 is 2.56 bits per heavy atom. The Balaban J connectivity index is 1.99. The predicted molar refractivity (Wildman–Crippen MR) is 64.0 cm³/mol. The summed E-state index contributed by atoms with van der Waals surface area (Å²) in [6, 6.07) is 0.493.